The summed E-state index contributed by atoms with van der Waals surface area (Å²) in [6, 6.07) is 10.5. The highest BCUT2D eigenvalue weighted by molar-refractivity contribution is 7.17. The number of hydrogen-bond donors (Lipinski definition) is 2. The van der Waals surface area contributed by atoms with E-state index in [1.165, 1.54) is 42.7 Å². The van der Waals surface area contributed by atoms with Gasteiger partial charge in [0.05, 0.1) is 25.5 Å². The molecule has 2 N–H and O–H groups in total. The van der Waals surface area contributed by atoms with Crippen LogP contribution in [0.5, 0.6) is 11.5 Å². The van der Waals surface area contributed by atoms with Crippen LogP contribution in [-0.4, -0.2) is 26.0 Å². The number of hydrogen-bond acceptors (Lipinski definition) is 5. The summed E-state index contributed by atoms with van der Waals surface area (Å²) in [5.41, 5.74) is 2.35. The number of benzene rings is 2. The molecule has 4 rings (SSSR count). The van der Waals surface area contributed by atoms with Crippen molar-refractivity contribution in [2.24, 2.45) is 11.3 Å². The molecule has 0 saturated carbocycles. The first kappa shape index (κ1) is 25.7. The van der Waals surface area contributed by atoms with Crippen LogP contribution in [0.3, 0.4) is 0 Å². The molecule has 6 nitrogen and oxygen atoms in total. The Hall–Kier alpha value is -3.39. The summed E-state index contributed by atoms with van der Waals surface area (Å²) < 4.78 is 24.1. The molecule has 3 aromatic rings. The molecular weight excluding hydrogens is 479 g/mol. The van der Waals surface area contributed by atoms with E-state index in [4.69, 9.17) is 9.47 Å². The molecule has 0 saturated heterocycles. The quantitative estimate of drug-likeness (QED) is 0.394. The number of fused-ring (bicyclic) bond motifs is 1. The van der Waals surface area contributed by atoms with Crippen molar-refractivity contribution in [1.29, 1.82) is 0 Å². The van der Waals surface area contributed by atoms with Crippen LogP contribution < -0.4 is 20.1 Å². The number of carbonyl (C=O) groups excluding carboxylic acids is 2. The van der Waals surface area contributed by atoms with Crippen molar-refractivity contribution in [2.75, 3.05) is 24.9 Å². The number of methoxy groups -OCH3 is 2. The van der Waals surface area contributed by atoms with E-state index in [1.807, 2.05) is 0 Å². The summed E-state index contributed by atoms with van der Waals surface area (Å²) in [7, 11) is 3.09. The van der Waals surface area contributed by atoms with E-state index >= 15 is 0 Å². The van der Waals surface area contributed by atoms with E-state index in [1.54, 1.807) is 25.3 Å². The van der Waals surface area contributed by atoms with Crippen LogP contribution >= 0.6 is 11.3 Å². The average Bonchev–Trinajstić information content (AvgIpc) is 3.20. The lowest BCUT2D eigenvalue weighted by atomic mass is 9.72. The van der Waals surface area contributed by atoms with Gasteiger partial charge in [-0.15, -0.1) is 11.3 Å². The summed E-state index contributed by atoms with van der Waals surface area (Å²) in [6.07, 6.45) is 2.55. The second-order valence-electron chi connectivity index (χ2n) is 10.00. The number of rotatable bonds is 6. The Balaban J connectivity index is 1.71. The third kappa shape index (κ3) is 5.38. The van der Waals surface area contributed by atoms with E-state index in [-0.39, 0.29) is 11.3 Å². The van der Waals surface area contributed by atoms with Gasteiger partial charge in [-0.05, 0) is 72.6 Å². The zero-order valence-electron chi connectivity index (χ0n) is 21.2. The van der Waals surface area contributed by atoms with E-state index in [2.05, 4.69) is 31.4 Å². The monoisotopic (exact) mass is 510 g/mol. The maximum Gasteiger partial charge on any atom is 0.259 e. The van der Waals surface area contributed by atoms with Crippen molar-refractivity contribution >= 4 is 33.8 Å². The highest BCUT2D eigenvalue weighted by Gasteiger charge is 2.34. The standard InChI is InChI=1S/C28H31FN2O4S/c1-28(2,3)17-8-12-20-23(14-17)36-27(31-25(32)16-6-9-18(29)10-7-16)24(20)26(33)30-21-15-19(34-4)11-13-22(21)35-5/h6-7,9-11,13,15,17H,8,12,14H2,1-5H3,(H,30,33)(H,31,32)/t17-/m1/s1. The number of amides is 2. The number of ether oxygens (including phenoxy) is 2. The summed E-state index contributed by atoms with van der Waals surface area (Å²) in [6.45, 7) is 6.70. The predicted octanol–water partition coefficient (Wildman–Crippen LogP) is 6.56. The SMILES string of the molecule is COc1ccc(OC)c(NC(=O)c2c(NC(=O)c3ccc(F)cc3)sc3c2CC[C@@H](C(C)(C)C)C3)c1. The predicted molar refractivity (Wildman–Crippen MR) is 141 cm³/mol. The smallest absolute Gasteiger partial charge is 0.259 e. The number of halogens is 1. The number of thiophene rings is 1. The third-order valence-electron chi connectivity index (χ3n) is 6.71. The fourth-order valence-electron chi connectivity index (χ4n) is 4.53. The molecule has 1 aromatic heterocycles. The van der Waals surface area contributed by atoms with E-state index in [0.29, 0.717) is 39.2 Å². The molecule has 0 spiro atoms. The summed E-state index contributed by atoms with van der Waals surface area (Å²) >= 11 is 1.44. The topological polar surface area (TPSA) is 76.7 Å². The fraction of sp³-hybridized carbons (Fsp3) is 0.357. The average molecular weight is 511 g/mol. The van der Waals surface area contributed by atoms with E-state index in [0.717, 1.165) is 29.7 Å². The molecule has 0 unspecified atom stereocenters. The first-order valence-electron chi connectivity index (χ1n) is 11.9. The number of carbonyl (C=O) groups is 2. The molecule has 0 bridgehead atoms. The summed E-state index contributed by atoms with van der Waals surface area (Å²) in [4.78, 5) is 27.8. The Bertz CT molecular complexity index is 1280. The van der Waals surface area contributed by atoms with Crippen LogP contribution in [0, 0.1) is 17.2 Å². The minimum absolute atomic E-state index is 0.135. The van der Waals surface area contributed by atoms with Gasteiger partial charge in [-0.1, -0.05) is 20.8 Å². The molecule has 1 heterocycles. The number of nitrogens with one attached hydrogen (secondary N) is 2. The highest BCUT2D eigenvalue weighted by atomic mass is 32.1. The fourth-order valence-corrected chi connectivity index (χ4v) is 5.85. The normalized spacial score (nSPS) is 15.1. The molecule has 1 aliphatic rings. The highest BCUT2D eigenvalue weighted by Crippen LogP contribution is 2.45. The van der Waals surface area contributed by atoms with Crippen molar-refractivity contribution in [3.8, 4) is 11.5 Å². The van der Waals surface area contributed by atoms with E-state index < -0.39 is 11.7 Å². The Morgan fingerprint density at radius 1 is 1.00 bits per heavy atom. The van der Waals surface area contributed by atoms with Gasteiger partial charge in [-0.3, -0.25) is 9.59 Å². The molecule has 8 heteroatoms. The van der Waals surface area contributed by atoms with Crippen LogP contribution in [0.4, 0.5) is 15.1 Å². The molecule has 0 aliphatic heterocycles. The second kappa shape index (κ2) is 10.3. The Morgan fingerprint density at radius 2 is 1.72 bits per heavy atom. The minimum atomic E-state index is -0.418. The third-order valence-corrected chi connectivity index (χ3v) is 7.88. The van der Waals surface area contributed by atoms with Crippen LogP contribution in [0.25, 0.3) is 0 Å². The lowest BCUT2D eigenvalue weighted by Gasteiger charge is -2.33. The largest absolute Gasteiger partial charge is 0.497 e. The molecule has 190 valence electrons. The van der Waals surface area contributed by atoms with Crippen molar-refractivity contribution < 1.29 is 23.5 Å². The van der Waals surface area contributed by atoms with Crippen molar-refractivity contribution in [3.63, 3.8) is 0 Å². The van der Waals surface area contributed by atoms with Gasteiger partial charge < -0.3 is 20.1 Å². The van der Waals surface area contributed by atoms with Gasteiger partial charge in [0.1, 0.15) is 22.3 Å². The zero-order chi connectivity index (χ0) is 26.0. The van der Waals surface area contributed by atoms with Gasteiger partial charge in [0.25, 0.3) is 11.8 Å². The van der Waals surface area contributed by atoms with E-state index in [9.17, 15) is 14.0 Å². The van der Waals surface area contributed by atoms with Crippen LogP contribution in [0.2, 0.25) is 0 Å². The molecule has 1 aliphatic carbocycles. The maximum absolute atomic E-state index is 13.7. The van der Waals surface area contributed by atoms with Crippen LogP contribution in [0.1, 0.15) is 58.3 Å². The Kier molecular flexibility index (Phi) is 7.36. The summed E-state index contributed by atoms with van der Waals surface area (Å²) in [5, 5.41) is 6.36. The first-order chi connectivity index (χ1) is 17.1. The van der Waals surface area contributed by atoms with Gasteiger partial charge >= 0.3 is 0 Å². The van der Waals surface area contributed by atoms with Gasteiger partial charge in [0.2, 0.25) is 0 Å². The molecular formula is C28H31FN2O4S. The summed E-state index contributed by atoms with van der Waals surface area (Å²) in [5.74, 6) is 0.406. The van der Waals surface area contributed by atoms with Gasteiger partial charge in [-0.2, -0.15) is 0 Å². The Morgan fingerprint density at radius 3 is 2.36 bits per heavy atom. The zero-order valence-corrected chi connectivity index (χ0v) is 22.0. The molecule has 2 amide bonds. The minimum Gasteiger partial charge on any atom is -0.497 e. The van der Waals surface area contributed by atoms with Gasteiger partial charge in [0, 0.05) is 16.5 Å². The molecule has 0 fully saturated rings. The molecule has 36 heavy (non-hydrogen) atoms. The van der Waals surface area contributed by atoms with Crippen LogP contribution in [0.15, 0.2) is 42.5 Å². The van der Waals surface area contributed by atoms with Crippen LogP contribution in [-0.2, 0) is 12.8 Å². The van der Waals surface area contributed by atoms with Crippen molar-refractivity contribution in [1.82, 2.24) is 0 Å². The lowest BCUT2D eigenvalue weighted by Crippen LogP contribution is -2.27. The first-order valence-corrected chi connectivity index (χ1v) is 12.7. The number of anilines is 2. The lowest BCUT2D eigenvalue weighted by molar-refractivity contribution is 0.102. The molecule has 0 radical (unpaired) electrons. The van der Waals surface area contributed by atoms with Crippen molar-refractivity contribution in [2.45, 2.75) is 40.0 Å². The second-order valence-corrected chi connectivity index (χ2v) is 11.1. The molecule has 1 atom stereocenters. The van der Waals surface area contributed by atoms with Crippen molar-refractivity contribution in [3.05, 3.63) is 69.8 Å². The van der Waals surface area contributed by atoms with Gasteiger partial charge in [0.15, 0.2) is 0 Å². The maximum atomic E-state index is 13.7. The Labute approximate surface area is 214 Å². The van der Waals surface area contributed by atoms with Gasteiger partial charge in [-0.25, -0.2) is 4.39 Å². The molecule has 2 aromatic carbocycles.